The third-order valence-electron chi connectivity index (χ3n) is 2.80. The smallest absolute Gasteiger partial charge is 0.337 e. The van der Waals surface area contributed by atoms with Crippen molar-refractivity contribution in [3.8, 4) is 0 Å². The van der Waals surface area contributed by atoms with Crippen LogP contribution in [-0.2, 0) is 4.79 Å². The second kappa shape index (κ2) is 4.75. The maximum Gasteiger partial charge on any atom is 0.337 e. The highest BCUT2D eigenvalue weighted by atomic mass is 35.5. The number of hydrogen-bond acceptors (Lipinski definition) is 2. The molecule has 1 saturated heterocycles. The second-order valence-electron chi connectivity index (χ2n) is 3.97. The second-order valence-corrected chi connectivity index (χ2v) is 4.41. The number of amides is 1. The van der Waals surface area contributed by atoms with Crippen molar-refractivity contribution in [3.63, 3.8) is 0 Å². The first-order chi connectivity index (χ1) is 8.09. The Bertz CT molecular complexity index is 473. The maximum atomic E-state index is 11.8. The SMILES string of the molecule is O=C(O)c1ccc(Cl)cc1N1CCCCC1=O. The Hall–Kier alpha value is -1.55. The molecule has 5 heteroatoms. The Kier molecular flexibility index (Phi) is 3.33. The van der Waals surface area contributed by atoms with Crippen molar-refractivity contribution >= 4 is 29.2 Å². The van der Waals surface area contributed by atoms with Gasteiger partial charge in [0, 0.05) is 18.0 Å². The van der Waals surface area contributed by atoms with Gasteiger partial charge in [0.05, 0.1) is 11.3 Å². The lowest BCUT2D eigenvalue weighted by atomic mass is 10.1. The van der Waals surface area contributed by atoms with Gasteiger partial charge in [-0.3, -0.25) is 4.79 Å². The van der Waals surface area contributed by atoms with Gasteiger partial charge in [0.15, 0.2) is 0 Å². The zero-order valence-electron chi connectivity index (χ0n) is 9.15. The zero-order valence-corrected chi connectivity index (χ0v) is 9.91. The van der Waals surface area contributed by atoms with E-state index in [9.17, 15) is 9.59 Å². The highest BCUT2D eigenvalue weighted by molar-refractivity contribution is 6.31. The topological polar surface area (TPSA) is 57.6 Å². The van der Waals surface area contributed by atoms with Gasteiger partial charge in [0.1, 0.15) is 0 Å². The standard InChI is InChI=1S/C12H12ClNO3/c13-8-4-5-9(12(16)17)10(7-8)14-6-2-1-3-11(14)15/h4-5,7H,1-3,6H2,(H,16,17). The van der Waals surface area contributed by atoms with E-state index in [1.807, 2.05) is 0 Å². The van der Waals surface area contributed by atoms with Gasteiger partial charge in [-0.05, 0) is 31.0 Å². The number of anilines is 1. The number of piperidine rings is 1. The Morgan fingerprint density at radius 3 is 2.76 bits per heavy atom. The Morgan fingerprint density at radius 2 is 2.12 bits per heavy atom. The minimum atomic E-state index is -1.05. The third-order valence-corrected chi connectivity index (χ3v) is 3.04. The number of nitrogens with zero attached hydrogens (tertiary/aromatic N) is 1. The lowest BCUT2D eigenvalue weighted by Gasteiger charge is -2.28. The fraction of sp³-hybridized carbons (Fsp3) is 0.333. The average Bonchev–Trinajstić information content (AvgIpc) is 2.29. The van der Waals surface area contributed by atoms with E-state index in [4.69, 9.17) is 16.7 Å². The van der Waals surface area contributed by atoms with Crippen LogP contribution in [0.3, 0.4) is 0 Å². The Balaban J connectivity index is 2.45. The summed E-state index contributed by atoms with van der Waals surface area (Å²) in [7, 11) is 0. The van der Waals surface area contributed by atoms with E-state index >= 15 is 0 Å². The number of carbonyl (C=O) groups excluding carboxylic acids is 1. The highest BCUT2D eigenvalue weighted by Crippen LogP contribution is 2.28. The molecule has 0 spiro atoms. The molecule has 0 unspecified atom stereocenters. The minimum absolute atomic E-state index is 0.0407. The predicted molar refractivity (Wildman–Crippen MR) is 64.6 cm³/mol. The van der Waals surface area contributed by atoms with Crippen LogP contribution in [0.15, 0.2) is 18.2 Å². The molecule has 0 aliphatic carbocycles. The summed E-state index contributed by atoms with van der Waals surface area (Å²) in [5.74, 6) is -1.09. The summed E-state index contributed by atoms with van der Waals surface area (Å²) in [4.78, 5) is 24.4. The van der Waals surface area contributed by atoms with Crippen LogP contribution >= 0.6 is 11.6 Å². The molecule has 0 atom stereocenters. The molecular weight excluding hydrogens is 242 g/mol. The molecule has 17 heavy (non-hydrogen) atoms. The van der Waals surface area contributed by atoms with E-state index in [0.29, 0.717) is 23.7 Å². The van der Waals surface area contributed by atoms with Crippen LogP contribution < -0.4 is 4.90 Å². The van der Waals surface area contributed by atoms with Crippen LogP contribution in [0.25, 0.3) is 0 Å². The van der Waals surface area contributed by atoms with Gasteiger partial charge in [0.25, 0.3) is 0 Å². The molecule has 1 aromatic carbocycles. The number of halogens is 1. The summed E-state index contributed by atoms with van der Waals surface area (Å²) in [5.41, 5.74) is 0.513. The first kappa shape index (κ1) is 11.9. The van der Waals surface area contributed by atoms with Gasteiger partial charge in [0.2, 0.25) is 5.91 Å². The average molecular weight is 254 g/mol. The van der Waals surface area contributed by atoms with Crippen molar-refractivity contribution in [2.24, 2.45) is 0 Å². The molecule has 1 aliphatic rings. The van der Waals surface area contributed by atoms with Gasteiger partial charge in [-0.25, -0.2) is 4.79 Å². The molecule has 1 aliphatic heterocycles. The van der Waals surface area contributed by atoms with E-state index in [0.717, 1.165) is 12.8 Å². The van der Waals surface area contributed by atoms with Crippen molar-refractivity contribution in [1.29, 1.82) is 0 Å². The van der Waals surface area contributed by atoms with Gasteiger partial charge in [-0.15, -0.1) is 0 Å². The van der Waals surface area contributed by atoms with Crippen molar-refractivity contribution in [2.75, 3.05) is 11.4 Å². The van der Waals surface area contributed by atoms with Crippen LogP contribution in [0.2, 0.25) is 5.02 Å². The number of hydrogen-bond donors (Lipinski definition) is 1. The van der Waals surface area contributed by atoms with E-state index < -0.39 is 5.97 Å². The number of rotatable bonds is 2. The van der Waals surface area contributed by atoms with Crippen LogP contribution in [-0.4, -0.2) is 23.5 Å². The molecule has 0 bridgehead atoms. The number of carbonyl (C=O) groups is 2. The van der Waals surface area contributed by atoms with Crippen LogP contribution in [0.1, 0.15) is 29.6 Å². The summed E-state index contributed by atoms with van der Waals surface area (Å²) < 4.78 is 0. The predicted octanol–water partition coefficient (Wildman–Crippen LogP) is 2.56. The Morgan fingerprint density at radius 1 is 1.35 bits per heavy atom. The third kappa shape index (κ3) is 2.42. The van der Waals surface area contributed by atoms with Gasteiger partial charge < -0.3 is 10.0 Å². The van der Waals surface area contributed by atoms with Gasteiger partial charge in [-0.2, -0.15) is 0 Å². The van der Waals surface area contributed by atoms with E-state index in [-0.39, 0.29) is 11.5 Å². The summed E-state index contributed by atoms with van der Waals surface area (Å²) in [6.45, 7) is 0.555. The van der Waals surface area contributed by atoms with Crippen LogP contribution in [0, 0.1) is 0 Å². The molecule has 2 rings (SSSR count). The number of carboxylic acids is 1. The molecule has 1 amide bonds. The molecule has 0 aromatic heterocycles. The van der Waals surface area contributed by atoms with E-state index in [1.54, 1.807) is 0 Å². The molecule has 1 N–H and O–H groups in total. The number of benzene rings is 1. The number of aromatic carboxylic acids is 1. The Labute approximate surface area is 104 Å². The molecule has 0 radical (unpaired) electrons. The van der Waals surface area contributed by atoms with Gasteiger partial charge >= 0.3 is 5.97 Å². The summed E-state index contributed by atoms with van der Waals surface area (Å²) >= 11 is 5.86. The molecule has 0 saturated carbocycles. The normalized spacial score (nSPS) is 16.1. The lowest BCUT2D eigenvalue weighted by Crippen LogP contribution is -2.36. The van der Waals surface area contributed by atoms with Crippen molar-refractivity contribution in [1.82, 2.24) is 0 Å². The largest absolute Gasteiger partial charge is 0.478 e. The summed E-state index contributed by atoms with van der Waals surface area (Å²) in [6, 6.07) is 4.49. The van der Waals surface area contributed by atoms with Crippen molar-refractivity contribution in [3.05, 3.63) is 28.8 Å². The maximum absolute atomic E-state index is 11.8. The summed E-state index contributed by atoms with van der Waals surface area (Å²) in [5, 5.41) is 9.53. The van der Waals surface area contributed by atoms with Gasteiger partial charge in [-0.1, -0.05) is 11.6 Å². The van der Waals surface area contributed by atoms with Crippen molar-refractivity contribution in [2.45, 2.75) is 19.3 Å². The fourth-order valence-electron chi connectivity index (χ4n) is 1.97. The zero-order chi connectivity index (χ0) is 12.4. The van der Waals surface area contributed by atoms with E-state index in [1.165, 1.54) is 23.1 Å². The molecule has 90 valence electrons. The molecule has 1 fully saturated rings. The quantitative estimate of drug-likeness (QED) is 0.881. The molecule has 1 heterocycles. The minimum Gasteiger partial charge on any atom is -0.478 e. The molecule has 1 aromatic rings. The molecular formula is C12H12ClNO3. The van der Waals surface area contributed by atoms with Crippen molar-refractivity contribution < 1.29 is 14.7 Å². The van der Waals surface area contributed by atoms with Crippen LogP contribution in [0.5, 0.6) is 0 Å². The first-order valence-electron chi connectivity index (χ1n) is 5.43. The number of carboxylic acid groups (broad SMARTS) is 1. The summed E-state index contributed by atoms with van der Waals surface area (Å²) in [6.07, 6.45) is 2.21. The monoisotopic (exact) mass is 253 g/mol. The first-order valence-corrected chi connectivity index (χ1v) is 5.80. The van der Waals surface area contributed by atoms with E-state index in [2.05, 4.69) is 0 Å². The molecule has 4 nitrogen and oxygen atoms in total. The highest BCUT2D eigenvalue weighted by Gasteiger charge is 2.24. The lowest BCUT2D eigenvalue weighted by molar-refractivity contribution is -0.119. The van der Waals surface area contributed by atoms with Crippen LogP contribution in [0.4, 0.5) is 5.69 Å². The fourth-order valence-corrected chi connectivity index (χ4v) is 2.14.